The van der Waals surface area contributed by atoms with Crippen LogP contribution in [0.4, 0.5) is 5.69 Å². The average Bonchev–Trinajstić information content (AvgIpc) is 2.78. The summed E-state index contributed by atoms with van der Waals surface area (Å²) in [5.41, 5.74) is 3.80. The number of benzene rings is 1. The number of nitrogens with one attached hydrogen (secondary N) is 1. The Morgan fingerprint density at radius 1 is 1.25 bits per heavy atom. The zero-order chi connectivity index (χ0) is 11.5. The molecule has 3 nitrogen and oxygen atoms in total. The van der Waals surface area contributed by atoms with Gasteiger partial charge in [-0.05, 0) is 31.5 Å². The summed E-state index contributed by atoms with van der Waals surface area (Å²) < 4.78 is 4.99. The van der Waals surface area contributed by atoms with Gasteiger partial charge in [-0.25, -0.2) is 0 Å². The number of hydrogen-bond acceptors (Lipinski definition) is 3. The van der Waals surface area contributed by atoms with Crippen LogP contribution in [0, 0.1) is 13.8 Å². The van der Waals surface area contributed by atoms with Crippen LogP contribution in [0.2, 0.25) is 0 Å². The van der Waals surface area contributed by atoms with Gasteiger partial charge in [0.15, 0.2) is 0 Å². The van der Waals surface area contributed by atoms with E-state index in [1.165, 1.54) is 0 Å². The van der Waals surface area contributed by atoms with Crippen molar-refractivity contribution in [1.29, 1.82) is 0 Å². The Morgan fingerprint density at radius 2 is 2.06 bits per heavy atom. The van der Waals surface area contributed by atoms with E-state index < -0.39 is 0 Å². The molecule has 3 heteroatoms. The molecule has 2 aromatic rings. The zero-order valence-electron chi connectivity index (χ0n) is 9.45. The largest absolute Gasteiger partial charge is 0.507 e. The highest BCUT2D eigenvalue weighted by Gasteiger charge is 2.05. The summed E-state index contributed by atoms with van der Waals surface area (Å²) in [4.78, 5) is 0. The van der Waals surface area contributed by atoms with E-state index in [9.17, 15) is 5.11 Å². The van der Waals surface area contributed by atoms with Gasteiger partial charge in [-0.1, -0.05) is 6.07 Å². The first-order valence-electron chi connectivity index (χ1n) is 5.22. The van der Waals surface area contributed by atoms with E-state index in [-0.39, 0.29) is 0 Å². The number of phenolic OH excluding ortho intramolecular Hbond substituents is 1. The van der Waals surface area contributed by atoms with Crippen molar-refractivity contribution in [3.63, 3.8) is 0 Å². The van der Waals surface area contributed by atoms with Crippen LogP contribution in [-0.4, -0.2) is 5.11 Å². The Kier molecular flexibility index (Phi) is 2.86. The maximum atomic E-state index is 9.79. The molecule has 0 aliphatic carbocycles. The van der Waals surface area contributed by atoms with E-state index in [1.807, 2.05) is 32.0 Å². The molecular formula is C13H15NO2. The number of anilines is 1. The first-order valence-corrected chi connectivity index (χ1v) is 5.22. The normalized spacial score (nSPS) is 10.4. The third-order valence-electron chi connectivity index (χ3n) is 2.70. The molecule has 1 aromatic carbocycles. The van der Waals surface area contributed by atoms with Gasteiger partial charge >= 0.3 is 0 Å². The van der Waals surface area contributed by atoms with Crippen molar-refractivity contribution in [2.75, 3.05) is 5.32 Å². The molecule has 0 unspecified atom stereocenters. The Labute approximate surface area is 94.7 Å². The van der Waals surface area contributed by atoms with Gasteiger partial charge in [0.05, 0.1) is 12.5 Å². The summed E-state index contributed by atoms with van der Waals surface area (Å²) in [6, 6.07) is 5.79. The van der Waals surface area contributed by atoms with Crippen molar-refractivity contribution in [3.8, 4) is 5.75 Å². The average molecular weight is 217 g/mol. The molecule has 1 aromatic heterocycles. The SMILES string of the molecule is Cc1ccc(NCc2ccoc2)c(C)c1O. The molecule has 2 N–H and O–H groups in total. The lowest BCUT2D eigenvalue weighted by Crippen LogP contribution is -2.00. The van der Waals surface area contributed by atoms with Crippen molar-refractivity contribution in [2.45, 2.75) is 20.4 Å². The van der Waals surface area contributed by atoms with Crippen LogP contribution in [0.25, 0.3) is 0 Å². The summed E-state index contributed by atoms with van der Waals surface area (Å²) in [5, 5.41) is 13.0. The van der Waals surface area contributed by atoms with Crippen LogP contribution in [0.15, 0.2) is 35.1 Å². The highest BCUT2D eigenvalue weighted by Crippen LogP contribution is 2.28. The van der Waals surface area contributed by atoms with Crippen LogP contribution >= 0.6 is 0 Å². The van der Waals surface area contributed by atoms with Crippen LogP contribution in [0.1, 0.15) is 16.7 Å². The summed E-state index contributed by atoms with van der Waals surface area (Å²) in [5.74, 6) is 0.359. The molecule has 0 aliphatic heterocycles. The van der Waals surface area contributed by atoms with Crippen LogP contribution in [0.5, 0.6) is 5.75 Å². The predicted molar refractivity (Wildman–Crippen MR) is 63.6 cm³/mol. The summed E-state index contributed by atoms with van der Waals surface area (Å²) in [7, 11) is 0. The molecule has 0 fully saturated rings. The van der Waals surface area contributed by atoms with E-state index in [0.29, 0.717) is 12.3 Å². The van der Waals surface area contributed by atoms with Crippen LogP contribution in [0.3, 0.4) is 0 Å². The maximum absolute atomic E-state index is 9.79. The second-order valence-electron chi connectivity index (χ2n) is 3.89. The van der Waals surface area contributed by atoms with Crippen molar-refractivity contribution in [3.05, 3.63) is 47.4 Å². The molecule has 0 radical (unpaired) electrons. The third-order valence-corrected chi connectivity index (χ3v) is 2.70. The van der Waals surface area contributed by atoms with Gasteiger partial charge in [-0.15, -0.1) is 0 Å². The molecule has 2 rings (SSSR count). The number of aryl methyl sites for hydroxylation is 1. The van der Waals surface area contributed by atoms with Gasteiger partial charge in [0.2, 0.25) is 0 Å². The number of phenols is 1. The fourth-order valence-electron chi connectivity index (χ4n) is 1.62. The van der Waals surface area contributed by atoms with E-state index in [2.05, 4.69) is 5.32 Å². The van der Waals surface area contributed by atoms with E-state index in [0.717, 1.165) is 22.4 Å². The second kappa shape index (κ2) is 4.31. The monoisotopic (exact) mass is 217 g/mol. The lowest BCUT2D eigenvalue weighted by Gasteiger charge is -2.11. The standard InChI is InChI=1S/C13H15NO2/c1-9-3-4-12(10(2)13(9)15)14-7-11-5-6-16-8-11/h3-6,8,14-15H,7H2,1-2H3. The highest BCUT2D eigenvalue weighted by molar-refractivity contribution is 5.59. The number of rotatable bonds is 3. The van der Waals surface area contributed by atoms with Crippen molar-refractivity contribution < 1.29 is 9.52 Å². The topological polar surface area (TPSA) is 45.4 Å². The van der Waals surface area contributed by atoms with E-state index in [4.69, 9.17) is 4.42 Å². The number of hydrogen-bond donors (Lipinski definition) is 2. The summed E-state index contributed by atoms with van der Waals surface area (Å²) in [6.07, 6.45) is 3.35. The zero-order valence-corrected chi connectivity index (χ0v) is 9.45. The Morgan fingerprint density at radius 3 is 2.75 bits per heavy atom. The maximum Gasteiger partial charge on any atom is 0.123 e. The molecular weight excluding hydrogens is 202 g/mol. The quantitative estimate of drug-likeness (QED) is 0.829. The Hall–Kier alpha value is -1.90. The first kappa shape index (κ1) is 10.6. The van der Waals surface area contributed by atoms with Crippen molar-refractivity contribution >= 4 is 5.69 Å². The third kappa shape index (κ3) is 2.03. The van der Waals surface area contributed by atoms with Crippen LogP contribution in [-0.2, 0) is 6.54 Å². The second-order valence-corrected chi connectivity index (χ2v) is 3.89. The van der Waals surface area contributed by atoms with E-state index >= 15 is 0 Å². The fourth-order valence-corrected chi connectivity index (χ4v) is 1.62. The minimum Gasteiger partial charge on any atom is -0.507 e. The predicted octanol–water partition coefficient (Wildman–Crippen LogP) is 3.21. The smallest absolute Gasteiger partial charge is 0.123 e. The molecule has 84 valence electrons. The summed E-state index contributed by atoms with van der Waals surface area (Å²) >= 11 is 0. The van der Waals surface area contributed by atoms with Gasteiger partial charge in [-0.3, -0.25) is 0 Å². The molecule has 0 bridgehead atoms. The molecule has 1 heterocycles. The molecule has 0 saturated heterocycles. The van der Waals surface area contributed by atoms with Crippen molar-refractivity contribution in [1.82, 2.24) is 0 Å². The number of furan rings is 1. The fraction of sp³-hybridized carbons (Fsp3) is 0.231. The Bertz CT molecular complexity index is 475. The molecule has 0 amide bonds. The van der Waals surface area contributed by atoms with Crippen molar-refractivity contribution in [2.24, 2.45) is 0 Å². The Balaban J connectivity index is 2.13. The van der Waals surface area contributed by atoms with Gasteiger partial charge in [0, 0.05) is 23.4 Å². The molecule has 16 heavy (non-hydrogen) atoms. The first-order chi connectivity index (χ1) is 7.68. The van der Waals surface area contributed by atoms with Gasteiger partial charge < -0.3 is 14.8 Å². The van der Waals surface area contributed by atoms with Gasteiger partial charge in [0.1, 0.15) is 5.75 Å². The minimum absolute atomic E-state index is 0.359. The van der Waals surface area contributed by atoms with Gasteiger partial charge in [-0.2, -0.15) is 0 Å². The molecule has 0 atom stereocenters. The number of aromatic hydroxyl groups is 1. The highest BCUT2D eigenvalue weighted by atomic mass is 16.3. The summed E-state index contributed by atoms with van der Waals surface area (Å²) in [6.45, 7) is 4.49. The molecule has 0 saturated carbocycles. The molecule has 0 aliphatic rings. The minimum atomic E-state index is 0.359. The van der Waals surface area contributed by atoms with Gasteiger partial charge in [0.25, 0.3) is 0 Å². The lowest BCUT2D eigenvalue weighted by atomic mass is 10.1. The lowest BCUT2D eigenvalue weighted by molar-refractivity contribution is 0.467. The molecule has 0 spiro atoms. The van der Waals surface area contributed by atoms with Crippen LogP contribution < -0.4 is 5.32 Å². The van der Waals surface area contributed by atoms with E-state index in [1.54, 1.807) is 12.5 Å².